The van der Waals surface area contributed by atoms with Gasteiger partial charge in [-0.25, -0.2) is 0 Å². The smallest absolute Gasteiger partial charge is 0.148 e. The normalized spacial score (nSPS) is 9.40. The molecular formula is C8H11BN. The van der Waals surface area contributed by atoms with Crippen LogP contribution in [-0.2, 0) is 6.54 Å². The minimum Gasteiger partial charge on any atom is -0.326 e. The third-order valence-corrected chi connectivity index (χ3v) is 1.55. The Hall–Kier alpha value is -0.755. The van der Waals surface area contributed by atoms with Crippen LogP contribution in [0.5, 0.6) is 0 Å². The van der Waals surface area contributed by atoms with Gasteiger partial charge in [0.15, 0.2) is 0 Å². The quantitative estimate of drug-likeness (QED) is 0.583. The fraction of sp³-hybridized carbons (Fsp3) is 0.250. The molecule has 0 aliphatic heterocycles. The molecule has 0 spiro atoms. The molecule has 1 aromatic rings. The molecule has 1 radical (unpaired) electrons. The Morgan fingerprint density at radius 2 is 1.90 bits per heavy atom. The van der Waals surface area contributed by atoms with E-state index in [2.05, 4.69) is 31.5 Å². The Labute approximate surface area is 62.5 Å². The molecule has 1 aromatic carbocycles. The van der Waals surface area contributed by atoms with Crippen LogP contribution in [0, 0.1) is 0 Å². The molecule has 10 heavy (non-hydrogen) atoms. The van der Waals surface area contributed by atoms with Gasteiger partial charge in [-0.15, -0.1) is 0 Å². The second-order valence-electron chi connectivity index (χ2n) is 2.23. The predicted octanol–water partition coefficient (Wildman–Crippen LogP) is 0.523. The molecule has 1 nitrogen and oxygen atoms in total. The lowest BCUT2D eigenvalue weighted by molar-refractivity contribution is 1.07. The van der Waals surface area contributed by atoms with Gasteiger partial charge in [0.25, 0.3) is 0 Å². The predicted molar refractivity (Wildman–Crippen MR) is 45.6 cm³/mol. The largest absolute Gasteiger partial charge is 0.326 e. The molecule has 2 heteroatoms. The monoisotopic (exact) mass is 132 g/mol. The van der Waals surface area contributed by atoms with E-state index in [0.29, 0.717) is 6.54 Å². The molecule has 0 fully saturated rings. The summed E-state index contributed by atoms with van der Waals surface area (Å²) in [6.07, 6.45) is 0. The third kappa shape index (κ3) is 1.61. The van der Waals surface area contributed by atoms with Crippen molar-refractivity contribution in [1.82, 2.24) is 0 Å². The Kier molecular flexibility index (Phi) is 2.52. The van der Waals surface area contributed by atoms with Crippen molar-refractivity contribution in [2.45, 2.75) is 13.4 Å². The fourth-order valence-corrected chi connectivity index (χ4v) is 0.846. The highest BCUT2D eigenvalue weighted by atomic mass is 14.5. The first-order valence-corrected chi connectivity index (χ1v) is 3.45. The zero-order chi connectivity index (χ0) is 7.40. The van der Waals surface area contributed by atoms with Crippen LogP contribution in [0.2, 0.25) is 6.82 Å². The van der Waals surface area contributed by atoms with E-state index in [1.54, 1.807) is 0 Å². The Morgan fingerprint density at radius 3 is 2.30 bits per heavy atom. The van der Waals surface area contributed by atoms with Crippen LogP contribution >= 0.6 is 0 Å². The van der Waals surface area contributed by atoms with E-state index < -0.39 is 0 Å². The van der Waals surface area contributed by atoms with Crippen molar-refractivity contribution < 1.29 is 0 Å². The molecule has 0 aliphatic carbocycles. The zero-order valence-electron chi connectivity index (χ0n) is 6.17. The summed E-state index contributed by atoms with van der Waals surface area (Å²) in [5.41, 5.74) is 7.86. The summed E-state index contributed by atoms with van der Waals surface area (Å²) >= 11 is 0. The molecule has 0 heterocycles. The summed E-state index contributed by atoms with van der Waals surface area (Å²) in [5.74, 6) is 0. The van der Waals surface area contributed by atoms with Gasteiger partial charge < -0.3 is 5.73 Å². The summed E-state index contributed by atoms with van der Waals surface area (Å²) < 4.78 is 0. The van der Waals surface area contributed by atoms with Gasteiger partial charge in [0.1, 0.15) is 7.28 Å². The Bertz CT molecular complexity index is 170. The molecule has 0 aromatic heterocycles. The van der Waals surface area contributed by atoms with E-state index in [1.165, 1.54) is 11.0 Å². The van der Waals surface area contributed by atoms with Gasteiger partial charge in [-0.3, -0.25) is 0 Å². The molecule has 1 rings (SSSR count). The second-order valence-corrected chi connectivity index (χ2v) is 2.23. The molecular weight excluding hydrogens is 121 g/mol. The van der Waals surface area contributed by atoms with E-state index in [9.17, 15) is 0 Å². The third-order valence-electron chi connectivity index (χ3n) is 1.55. The van der Waals surface area contributed by atoms with Crippen LogP contribution in [0.25, 0.3) is 0 Å². The van der Waals surface area contributed by atoms with E-state index in [4.69, 9.17) is 5.73 Å². The molecule has 0 amide bonds. The molecule has 0 aliphatic rings. The zero-order valence-corrected chi connectivity index (χ0v) is 6.17. The highest BCUT2D eigenvalue weighted by Gasteiger charge is 1.89. The number of hydrogen-bond acceptors (Lipinski definition) is 1. The SMILES string of the molecule is C[B]c1ccc(CN)cc1. The lowest BCUT2D eigenvalue weighted by atomic mass is 9.73. The van der Waals surface area contributed by atoms with Gasteiger partial charge in [0, 0.05) is 6.54 Å². The maximum atomic E-state index is 5.43. The summed E-state index contributed by atoms with van der Waals surface area (Å²) in [5, 5.41) is 0. The molecule has 2 N–H and O–H groups in total. The van der Waals surface area contributed by atoms with Crippen molar-refractivity contribution in [3.63, 3.8) is 0 Å². The summed E-state index contributed by atoms with van der Waals surface area (Å²) in [6, 6.07) is 8.25. The summed E-state index contributed by atoms with van der Waals surface area (Å²) in [4.78, 5) is 0. The van der Waals surface area contributed by atoms with Crippen LogP contribution in [-0.4, -0.2) is 7.28 Å². The summed E-state index contributed by atoms with van der Waals surface area (Å²) in [7, 11) is 2.07. The first-order valence-electron chi connectivity index (χ1n) is 3.45. The second kappa shape index (κ2) is 3.42. The van der Waals surface area contributed by atoms with E-state index in [-0.39, 0.29) is 0 Å². The average Bonchev–Trinajstić information content (AvgIpc) is 2.05. The number of rotatable bonds is 2. The van der Waals surface area contributed by atoms with Gasteiger partial charge in [0.05, 0.1) is 0 Å². The van der Waals surface area contributed by atoms with Gasteiger partial charge in [-0.2, -0.15) is 0 Å². The van der Waals surface area contributed by atoms with Crippen LogP contribution in [0.3, 0.4) is 0 Å². The van der Waals surface area contributed by atoms with Crippen molar-refractivity contribution >= 4 is 12.7 Å². The lowest BCUT2D eigenvalue weighted by Gasteiger charge is -1.97. The summed E-state index contributed by atoms with van der Waals surface area (Å²) in [6.45, 7) is 2.65. The van der Waals surface area contributed by atoms with Crippen molar-refractivity contribution in [3.05, 3.63) is 29.8 Å². The van der Waals surface area contributed by atoms with Crippen molar-refractivity contribution in [2.75, 3.05) is 0 Å². The lowest BCUT2D eigenvalue weighted by Crippen LogP contribution is -2.10. The number of hydrogen-bond donors (Lipinski definition) is 1. The maximum absolute atomic E-state index is 5.43. The average molecular weight is 132 g/mol. The molecule has 0 saturated carbocycles. The molecule has 0 unspecified atom stereocenters. The van der Waals surface area contributed by atoms with Gasteiger partial charge in [-0.1, -0.05) is 36.6 Å². The highest BCUT2D eigenvalue weighted by Crippen LogP contribution is 1.93. The Morgan fingerprint density at radius 1 is 1.30 bits per heavy atom. The first-order chi connectivity index (χ1) is 4.86. The fourth-order valence-electron chi connectivity index (χ4n) is 0.846. The first kappa shape index (κ1) is 7.35. The van der Waals surface area contributed by atoms with Gasteiger partial charge >= 0.3 is 0 Å². The maximum Gasteiger partial charge on any atom is 0.148 e. The number of benzene rings is 1. The van der Waals surface area contributed by atoms with Crippen LogP contribution in [0.1, 0.15) is 5.56 Å². The Balaban J connectivity index is 2.80. The van der Waals surface area contributed by atoms with E-state index >= 15 is 0 Å². The van der Waals surface area contributed by atoms with Crippen LogP contribution in [0.15, 0.2) is 24.3 Å². The topological polar surface area (TPSA) is 26.0 Å². The number of nitrogens with two attached hydrogens (primary N) is 1. The van der Waals surface area contributed by atoms with E-state index in [0.717, 1.165) is 0 Å². The molecule has 0 bridgehead atoms. The minimum atomic E-state index is 0.629. The highest BCUT2D eigenvalue weighted by molar-refractivity contribution is 6.51. The van der Waals surface area contributed by atoms with Crippen molar-refractivity contribution in [2.24, 2.45) is 5.73 Å². The van der Waals surface area contributed by atoms with Crippen molar-refractivity contribution in [3.8, 4) is 0 Å². The molecule has 0 atom stereocenters. The standard InChI is InChI=1S/C8H11BN/c1-9-8-4-2-7(6-10)3-5-8/h2-5H,6,10H2,1H3. The van der Waals surface area contributed by atoms with Crippen molar-refractivity contribution in [1.29, 1.82) is 0 Å². The molecule has 51 valence electrons. The van der Waals surface area contributed by atoms with E-state index in [1.807, 2.05) is 6.82 Å². The van der Waals surface area contributed by atoms with Gasteiger partial charge in [0.2, 0.25) is 0 Å². The van der Waals surface area contributed by atoms with Crippen LogP contribution in [0.4, 0.5) is 0 Å². The minimum absolute atomic E-state index is 0.629. The van der Waals surface area contributed by atoms with Crippen LogP contribution < -0.4 is 11.2 Å². The van der Waals surface area contributed by atoms with Gasteiger partial charge in [-0.05, 0) is 5.56 Å². The molecule has 0 saturated heterocycles.